The van der Waals surface area contributed by atoms with Crippen LogP contribution in [0.1, 0.15) is 19.3 Å². The van der Waals surface area contributed by atoms with Gasteiger partial charge in [0.1, 0.15) is 5.60 Å². The molecular formula is C12H24N2O3. The van der Waals surface area contributed by atoms with Gasteiger partial charge in [0.15, 0.2) is 0 Å². The van der Waals surface area contributed by atoms with Gasteiger partial charge in [-0.3, -0.25) is 4.79 Å². The van der Waals surface area contributed by atoms with E-state index in [4.69, 9.17) is 9.47 Å². The number of amides is 1. The number of likely N-dealkylation sites (N-methyl/N-ethyl adjacent to an activating group) is 1. The SMILES string of the molecule is COCCCN(C)C(=O)C1(OC)CCNCC1. The Kier molecular flexibility index (Phi) is 5.88. The summed E-state index contributed by atoms with van der Waals surface area (Å²) in [6.07, 6.45) is 2.35. The molecule has 0 aromatic heterocycles. The van der Waals surface area contributed by atoms with Crippen molar-refractivity contribution in [2.24, 2.45) is 0 Å². The lowest BCUT2D eigenvalue weighted by Crippen LogP contribution is -2.54. The largest absolute Gasteiger partial charge is 0.385 e. The topological polar surface area (TPSA) is 50.8 Å². The minimum atomic E-state index is -0.618. The Hall–Kier alpha value is -0.650. The number of carbonyl (C=O) groups excluding carboxylic acids is 1. The summed E-state index contributed by atoms with van der Waals surface area (Å²) in [6.45, 7) is 3.07. The van der Waals surface area contributed by atoms with Crippen LogP contribution in [-0.4, -0.2) is 63.9 Å². The lowest BCUT2D eigenvalue weighted by Gasteiger charge is -2.37. The fraction of sp³-hybridized carbons (Fsp3) is 0.917. The van der Waals surface area contributed by atoms with Crippen LogP contribution in [0.5, 0.6) is 0 Å². The molecule has 1 heterocycles. The molecule has 0 aromatic carbocycles. The second-order valence-corrected chi connectivity index (χ2v) is 4.52. The molecule has 0 bridgehead atoms. The number of hydrogen-bond acceptors (Lipinski definition) is 4. The summed E-state index contributed by atoms with van der Waals surface area (Å²) >= 11 is 0. The van der Waals surface area contributed by atoms with Crippen LogP contribution in [0, 0.1) is 0 Å². The molecule has 17 heavy (non-hydrogen) atoms. The van der Waals surface area contributed by atoms with Gasteiger partial charge in [-0.05, 0) is 32.4 Å². The molecule has 1 aliphatic rings. The Balaban J connectivity index is 2.52. The maximum atomic E-state index is 12.4. The third kappa shape index (κ3) is 3.66. The summed E-state index contributed by atoms with van der Waals surface area (Å²) < 4.78 is 10.5. The average Bonchev–Trinajstić information content (AvgIpc) is 2.38. The molecule has 0 aromatic rings. The van der Waals surface area contributed by atoms with E-state index in [9.17, 15) is 4.79 Å². The number of nitrogens with zero attached hydrogens (tertiary/aromatic N) is 1. The van der Waals surface area contributed by atoms with Crippen LogP contribution in [0.3, 0.4) is 0 Å². The minimum Gasteiger partial charge on any atom is -0.385 e. The van der Waals surface area contributed by atoms with Crippen molar-refractivity contribution in [2.45, 2.75) is 24.9 Å². The van der Waals surface area contributed by atoms with Crippen molar-refractivity contribution < 1.29 is 14.3 Å². The zero-order chi connectivity index (χ0) is 12.7. The second kappa shape index (κ2) is 6.93. The Bertz CT molecular complexity index is 240. The van der Waals surface area contributed by atoms with Gasteiger partial charge in [0.05, 0.1) is 0 Å². The number of piperidine rings is 1. The average molecular weight is 244 g/mol. The van der Waals surface area contributed by atoms with E-state index in [1.54, 1.807) is 19.1 Å². The van der Waals surface area contributed by atoms with E-state index >= 15 is 0 Å². The van der Waals surface area contributed by atoms with Gasteiger partial charge in [0, 0.05) is 34.4 Å². The number of hydrogen-bond donors (Lipinski definition) is 1. The van der Waals surface area contributed by atoms with Gasteiger partial charge in [-0.2, -0.15) is 0 Å². The van der Waals surface area contributed by atoms with Gasteiger partial charge in [-0.25, -0.2) is 0 Å². The predicted octanol–water partition coefficient (Wildman–Crippen LogP) is 0.250. The van der Waals surface area contributed by atoms with E-state index in [-0.39, 0.29) is 5.91 Å². The first-order valence-electron chi connectivity index (χ1n) is 6.16. The summed E-state index contributed by atoms with van der Waals surface area (Å²) in [6, 6.07) is 0. The lowest BCUT2D eigenvalue weighted by molar-refractivity contribution is -0.157. The zero-order valence-electron chi connectivity index (χ0n) is 11.1. The molecule has 1 amide bonds. The number of nitrogens with one attached hydrogen (secondary N) is 1. The van der Waals surface area contributed by atoms with Crippen LogP contribution in [0.15, 0.2) is 0 Å². The zero-order valence-corrected chi connectivity index (χ0v) is 11.1. The molecule has 0 saturated carbocycles. The Labute approximate surface area is 103 Å². The van der Waals surface area contributed by atoms with Gasteiger partial charge >= 0.3 is 0 Å². The fourth-order valence-electron chi connectivity index (χ4n) is 2.23. The van der Waals surface area contributed by atoms with E-state index in [0.717, 1.165) is 32.4 Å². The summed E-state index contributed by atoms with van der Waals surface area (Å²) in [7, 11) is 5.14. The van der Waals surface area contributed by atoms with Gasteiger partial charge in [0.2, 0.25) is 0 Å². The lowest BCUT2D eigenvalue weighted by atomic mass is 9.90. The number of methoxy groups -OCH3 is 2. The highest BCUT2D eigenvalue weighted by atomic mass is 16.5. The molecule has 0 atom stereocenters. The Morgan fingerprint density at radius 2 is 2.00 bits per heavy atom. The number of carbonyl (C=O) groups is 1. The van der Waals surface area contributed by atoms with E-state index in [0.29, 0.717) is 13.2 Å². The summed E-state index contributed by atoms with van der Waals surface area (Å²) in [4.78, 5) is 14.1. The predicted molar refractivity (Wildman–Crippen MR) is 66.0 cm³/mol. The molecule has 1 rings (SSSR count). The highest BCUT2D eigenvalue weighted by Gasteiger charge is 2.41. The molecule has 0 radical (unpaired) electrons. The maximum absolute atomic E-state index is 12.4. The fourth-order valence-corrected chi connectivity index (χ4v) is 2.23. The highest BCUT2D eigenvalue weighted by Crippen LogP contribution is 2.24. The number of ether oxygens (including phenoxy) is 2. The van der Waals surface area contributed by atoms with Crippen molar-refractivity contribution in [3.8, 4) is 0 Å². The first-order chi connectivity index (χ1) is 8.16. The molecule has 1 saturated heterocycles. The van der Waals surface area contributed by atoms with Crippen LogP contribution in [0.25, 0.3) is 0 Å². The molecule has 5 heteroatoms. The minimum absolute atomic E-state index is 0.0950. The van der Waals surface area contributed by atoms with Crippen molar-refractivity contribution in [3.63, 3.8) is 0 Å². The molecule has 100 valence electrons. The molecule has 0 unspecified atom stereocenters. The molecule has 0 spiro atoms. The van der Waals surface area contributed by atoms with E-state index in [1.165, 1.54) is 0 Å². The summed E-state index contributed by atoms with van der Waals surface area (Å²) in [5.41, 5.74) is -0.618. The van der Waals surface area contributed by atoms with Crippen LogP contribution in [0.4, 0.5) is 0 Å². The maximum Gasteiger partial charge on any atom is 0.254 e. The van der Waals surface area contributed by atoms with Gasteiger partial charge in [-0.15, -0.1) is 0 Å². The van der Waals surface area contributed by atoms with Gasteiger partial charge in [-0.1, -0.05) is 0 Å². The standard InChI is InChI=1S/C12H24N2O3/c1-14(9-4-10-16-2)11(15)12(17-3)5-7-13-8-6-12/h13H,4-10H2,1-3H3. The quantitative estimate of drug-likeness (QED) is 0.681. The molecule has 1 aliphatic heterocycles. The van der Waals surface area contributed by atoms with Crippen LogP contribution < -0.4 is 5.32 Å². The monoisotopic (exact) mass is 244 g/mol. The molecule has 5 nitrogen and oxygen atoms in total. The first-order valence-corrected chi connectivity index (χ1v) is 6.16. The Morgan fingerprint density at radius 1 is 1.35 bits per heavy atom. The molecule has 1 fully saturated rings. The smallest absolute Gasteiger partial charge is 0.254 e. The van der Waals surface area contributed by atoms with Crippen molar-refractivity contribution in [3.05, 3.63) is 0 Å². The third-order valence-electron chi connectivity index (χ3n) is 3.38. The van der Waals surface area contributed by atoms with Gasteiger partial charge in [0.25, 0.3) is 5.91 Å². The molecular weight excluding hydrogens is 220 g/mol. The normalized spacial score (nSPS) is 19.0. The molecule has 1 N–H and O–H groups in total. The summed E-state index contributed by atoms with van der Waals surface area (Å²) in [5, 5.41) is 3.25. The van der Waals surface area contributed by atoms with Crippen molar-refractivity contribution in [1.29, 1.82) is 0 Å². The second-order valence-electron chi connectivity index (χ2n) is 4.52. The van der Waals surface area contributed by atoms with Crippen molar-refractivity contribution >= 4 is 5.91 Å². The van der Waals surface area contributed by atoms with Crippen LogP contribution >= 0.6 is 0 Å². The highest BCUT2D eigenvalue weighted by molar-refractivity contribution is 5.85. The number of rotatable bonds is 6. The third-order valence-corrected chi connectivity index (χ3v) is 3.38. The van der Waals surface area contributed by atoms with Gasteiger partial charge < -0.3 is 19.7 Å². The van der Waals surface area contributed by atoms with Crippen LogP contribution in [-0.2, 0) is 14.3 Å². The van der Waals surface area contributed by atoms with Crippen LogP contribution in [0.2, 0.25) is 0 Å². The van der Waals surface area contributed by atoms with E-state index < -0.39 is 5.60 Å². The van der Waals surface area contributed by atoms with E-state index in [1.807, 2.05) is 7.05 Å². The summed E-state index contributed by atoms with van der Waals surface area (Å²) in [5.74, 6) is 0.0950. The first kappa shape index (κ1) is 14.4. The Morgan fingerprint density at radius 3 is 2.53 bits per heavy atom. The van der Waals surface area contributed by atoms with E-state index in [2.05, 4.69) is 5.32 Å². The van der Waals surface area contributed by atoms with Crippen molar-refractivity contribution in [1.82, 2.24) is 10.2 Å². The van der Waals surface area contributed by atoms with Crippen molar-refractivity contribution in [2.75, 3.05) is 47.5 Å². The molecule has 0 aliphatic carbocycles.